The summed E-state index contributed by atoms with van der Waals surface area (Å²) < 4.78 is 41.6. The van der Waals surface area contributed by atoms with Crippen molar-refractivity contribution in [1.29, 1.82) is 5.26 Å². The molecule has 0 aliphatic rings. The highest BCUT2D eigenvalue weighted by molar-refractivity contribution is 5.32. The number of halogens is 3. The predicted molar refractivity (Wildman–Crippen MR) is 45.1 cm³/mol. The van der Waals surface area contributed by atoms with Crippen molar-refractivity contribution in [2.75, 3.05) is 7.11 Å². The maximum absolute atomic E-state index is 12.3. The Bertz CT molecular complexity index is 395. The van der Waals surface area contributed by atoms with E-state index in [0.717, 1.165) is 12.1 Å². The Morgan fingerprint density at radius 1 is 1.47 bits per heavy atom. The Morgan fingerprint density at radius 3 is 2.60 bits per heavy atom. The van der Waals surface area contributed by atoms with Crippen LogP contribution >= 0.6 is 0 Å². The molecule has 3 nitrogen and oxygen atoms in total. The number of hydrogen-bond acceptors (Lipinski definition) is 3. The second-order valence-corrected chi connectivity index (χ2v) is 2.68. The number of nitriles is 1. The van der Waals surface area contributed by atoms with Gasteiger partial charge in [0.05, 0.1) is 25.3 Å². The quantitative estimate of drug-likeness (QED) is 0.761. The van der Waals surface area contributed by atoms with Gasteiger partial charge in [-0.05, 0) is 12.1 Å². The molecule has 0 bridgehead atoms. The number of methoxy groups -OCH3 is 1. The summed E-state index contributed by atoms with van der Waals surface area (Å²) >= 11 is 0. The predicted octanol–water partition coefficient (Wildman–Crippen LogP) is 2.18. The minimum absolute atomic E-state index is 0.00479. The van der Waals surface area contributed by atoms with Crippen LogP contribution in [0.5, 0.6) is 5.75 Å². The van der Waals surface area contributed by atoms with Crippen molar-refractivity contribution in [3.05, 3.63) is 23.5 Å². The maximum Gasteiger partial charge on any atom is 0.433 e. The van der Waals surface area contributed by atoms with Gasteiger partial charge in [0.15, 0.2) is 0 Å². The van der Waals surface area contributed by atoms with Crippen molar-refractivity contribution in [1.82, 2.24) is 4.98 Å². The van der Waals surface area contributed by atoms with Crippen molar-refractivity contribution in [3.63, 3.8) is 0 Å². The molecule has 0 saturated carbocycles. The van der Waals surface area contributed by atoms with Gasteiger partial charge in [0.2, 0.25) is 0 Å². The van der Waals surface area contributed by atoms with Gasteiger partial charge in [0.25, 0.3) is 0 Å². The third kappa shape index (κ3) is 2.59. The van der Waals surface area contributed by atoms with E-state index in [9.17, 15) is 13.2 Å². The first-order valence-electron chi connectivity index (χ1n) is 3.97. The average molecular weight is 216 g/mol. The molecular formula is C9H7F3N2O. The minimum Gasteiger partial charge on any atom is -0.495 e. The lowest BCUT2D eigenvalue weighted by atomic mass is 10.2. The fraction of sp³-hybridized carbons (Fsp3) is 0.333. The molecule has 0 aliphatic heterocycles. The molecule has 1 rings (SSSR count). The monoisotopic (exact) mass is 216 g/mol. The van der Waals surface area contributed by atoms with E-state index in [1.807, 2.05) is 0 Å². The van der Waals surface area contributed by atoms with E-state index in [-0.39, 0.29) is 17.9 Å². The smallest absolute Gasteiger partial charge is 0.433 e. The molecule has 6 heteroatoms. The molecule has 0 radical (unpaired) electrons. The molecule has 1 aromatic heterocycles. The fourth-order valence-corrected chi connectivity index (χ4v) is 1.03. The fourth-order valence-electron chi connectivity index (χ4n) is 1.03. The summed E-state index contributed by atoms with van der Waals surface area (Å²) in [5.41, 5.74) is -1.02. The van der Waals surface area contributed by atoms with Crippen molar-refractivity contribution in [3.8, 4) is 11.8 Å². The third-order valence-electron chi connectivity index (χ3n) is 1.69. The van der Waals surface area contributed by atoms with Crippen molar-refractivity contribution >= 4 is 0 Å². The van der Waals surface area contributed by atoms with Crippen molar-refractivity contribution in [2.45, 2.75) is 12.6 Å². The zero-order chi connectivity index (χ0) is 11.5. The van der Waals surface area contributed by atoms with Crippen LogP contribution < -0.4 is 4.74 Å². The number of aromatic nitrogens is 1. The van der Waals surface area contributed by atoms with Crippen LogP contribution in [0.15, 0.2) is 12.1 Å². The number of alkyl halides is 3. The number of rotatable bonds is 2. The van der Waals surface area contributed by atoms with E-state index in [0.29, 0.717) is 0 Å². The molecule has 0 spiro atoms. The Morgan fingerprint density at radius 2 is 2.13 bits per heavy atom. The lowest BCUT2D eigenvalue weighted by molar-refractivity contribution is -0.141. The van der Waals surface area contributed by atoms with Gasteiger partial charge in [-0.3, -0.25) is 0 Å². The highest BCUT2D eigenvalue weighted by Gasteiger charge is 2.33. The minimum atomic E-state index is -4.50. The SMILES string of the molecule is COc1ccc(C(F)(F)F)nc1CC#N. The molecule has 1 heterocycles. The summed E-state index contributed by atoms with van der Waals surface area (Å²) in [5, 5.41) is 8.41. The van der Waals surface area contributed by atoms with Crippen LogP contribution in [0.1, 0.15) is 11.4 Å². The molecule has 0 atom stereocenters. The highest BCUT2D eigenvalue weighted by Crippen LogP contribution is 2.29. The van der Waals surface area contributed by atoms with Crippen LogP contribution in [0.3, 0.4) is 0 Å². The van der Waals surface area contributed by atoms with Gasteiger partial charge in [-0.2, -0.15) is 18.4 Å². The van der Waals surface area contributed by atoms with Gasteiger partial charge < -0.3 is 4.74 Å². The number of pyridine rings is 1. The van der Waals surface area contributed by atoms with E-state index in [1.165, 1.54) is 7.11 Å². The molecule has 1 aromatic rings. The first-order valence-corrected chi connectivity index (χ1v) is 3.97. The van der Waals surface area contributed by atoms with Crippen molar-refractivity contribution in [2.24, 2.45) is 0 Å². The zero-order valence-electron chi connectivity index (χ0n) is 7.80. The average Bonchev–Trinajstić information content (AvgIpc) is 2.17. The van der Waals surface area contributed by atoms with Gasteiger partial charge in [0.1, 0.15) is 11.4 Å². The molecule has 0 unspecified atom stereocenters. The number of ether oxygens (including phenoxy) is 1. The van der Waals surface area contributed by atoms with Crippen LogP contribution in [0.25, 0.3) is 0 Å². The van der Waals surface area contributed by atoms with E-state index in [2.05, 4.69) is 4.98 Å². The Balaban J connectivity index is 3.17. The highest BCUT2D eigenvalue weighted by atomic mass is 19.4. The van der Waals surface area contributed by atoms with E-state index in [4.69, 9.17) is 10.00 Å². The Labute approximate surface area is 84.1 Å². The summed E-state index contributed by atoms with van der Waals surface area (Å²) in [6.45, 7) is 0. The molecule has 0 N–H and O–H groups in total. The van der Waals surface area contributed by atoms with Gasteiger partial charge >= 0.3 is 6.18 Å². The summed E-state index contributed by atoms with van der Waals surface area (Å²) in [6.07, 6.45) is -4.72. The molecule has 80 valence electrons. The van der Waals surface area contributed by atoms with Gasteiger partial charge in [-0.1, -0.05) is 0 Å². The normalized spacial score (nSPS) is 10.9. The van der Waals surface area contributed by atoms with E-state index in [1.54, 1.807) is 6.07 Å². The molecule has 0 aromatic carbocycles. The van der Waals surface area contributed by atoms with Crippen LogP contribution in [0, 0.1) is 11.3 Å². The molecule has 0 aliphatic carbocycles. The van der Waals surface area contributed by atoms with Crippen LogP contribution in [0.2, 0.25) is 0 Å². The molecule has 0 amide bonds. The first-order chi connectivity index (χ1) is 6.99. The summed E-state index contributed by atoms with van der Waals surface area (Å²) in [6, 6.07) is 3.70. The molecule has 0 fully saturated rings. The van der Waals surface area contributed by atoms with E-state index < -0.39 is 11.9 Å². The van der Waals surface area contributed by atoms with Gasteiger partial charge in [-0.15, -0.1) is 0 Å². The number of nitrogens with zero attached hydrogens (tertiary/aromatic N) is 2. The summed E-state index contributed by atoms with van der Waals surface area (Å²) in [4.78, 5) is 3.33. The van der Waals surface area contributed by atoms with Crippen LogP contribution in [0.4, 0.5) is 13.2 Å². The first kappa shape index (κ1) is 11.3. The summed E-state index contributed by atoms with van der Waals surface area (Å²) in [7, 11) is 1.31. The maximum atomic E-state index is 12.3. The summed E-state index contributed by atoms with van der Waals surface area (Å²) in [5.74, 6) is 0.185. The standard InChI is InChI=1S/C9H7F3N2O/c1-15-7-2-3-8(9(10,11)12)14-6(7)4-5-13/h2-3H,4H2,1H3. The molecular weight excluding hydrogens is 209 g/mol. The second kappa shape index (κ2) is 4.17. The zero-order valence-corrected chi connectivity index (χ0v) is 7.80. The Hall–Kier alpha value is -1.77. The number of hydrogen-bond donors (Lipinski definition) is 0. The van der Waals surface area contributed by atoms with Gasteiger partial charge in [0, 0.05) is 0 Å². The van der Waals surface area contributed by atoms with Crippen LogP contribution in [-0.4, -0.2) is 12.1 Å². The lowest BCUT2D eigenvalue weighted by Gasteiger charge is -2.09. The van der Waals surface area contributed by atoms with E-state index >= 15 is 0 Å². The second-order valence-electron chi connectivity index (χ2n) is 2.68. The van der Waals surface area contributed by atoms with Crippen molar-refractivity contribution < 1.29 is 17.9 Å². The Kier molecular flexibility index (Phi) is 3.14. The largest absolute Gasteiger partial charge is 0.495 e. The molecule has 15 heavy (non-hydrogen) atoms. The third-order valence-corrected chi connectivity index (χ3v) is 1.69. The van der Waals surface area contributed by atoms with Gasteiger partial charge in [-0.25, -0.2) is 4.98 Å². The topological polar surface area (TPSA) is 45.9 Å². The lowest BCUT2D eigenvalue weighted by Crippen LogP contribution is -2.10. The van der Waals surface area contributed by atoms with Crippen LogP contribution in [-0.2, 0) is 12.6 Å². The molecule has 0 saturated heterocycles.